The molecule has 1 atom stereocenters. The van der Waals surface area contributed by atoms with E-state index in [1.165, 1.54) is 6.07 Å². The molecule has 0 spiro atoms. The Kier molecular flexibility index (Phi) is 5.52. The molecule has 0 saturated carbocycles. The summed E-state index contributed by atoms with van der Waals surface area (Å²) in [6, 6.07) is 6.31. The van der Waals surface area contributed by atoms with E-state index in [4.69, 9.17) is 5.11 Å². The molecule has 21 heavy (non-hydrogen) atoms. The van der Waals surface area contributed by atoms with Crippen molar-refractivity contribution < 1.29 is 14.3 Å². The molecule has 1 aromatic rings. The van der Waals surface area contributed by atoms with Crippen LogP contribution in [0, 0.1) is 5.82 Å². The highest BCUT2D eigenvalue weighted by atomic mass is 19.1. The first-order valence-electron chi connectivity index (χ1n) is 7.23. The van der Waals surface area contributed by atoms with Crippen LogP contribution in [-0.4, -0.2) is 61.8 Å². The number of para-hydroxylation sites is 1. The molecule has 0 aliphatic carbocycles. The number of carboxylic acid groups (broad SMARTS) is 1. The van der Waals surface area contributed by atoms with Gasteiger partial charge < -0.3 is 15.3 Å². The van der Waals surface area contributed by atoms with Crippen molar-refractivity contribution in [2.75, 3.05) is 44.7 Å². The number of benzene rings is 1. The Morgan fingerprint density at radius 3 is 2.57 bits per heavy atom. The molecule has 0 amide bonds. The molecule has 0 aromatic heterocycles. The number of piperazine rings is 1. The fraction of sp³-hybridized carbons (Fsp3) is 0.533. The molecule has 1 fully saturated rings. The fourth-order valence-corrected chi connectivity index (χ4v) is 2.62. The van der Waals surface area contributed by atoms with Gasteiger partial charge in [0.2, 0.25) is 0 Å². The minimum Gasteiger partial charge on any atom is -0.480 e. The third-order valence-corrected chi connectivity index (χ3v) is 3.95. The SMILES string of the molecule is CNC(CCN1CCN(c2ccccc2F)CC1)C(=O)O. The third-order valence-electron chi connectivity index (χ3n) is 3.95. The van der Waals surface area contributed by atoms with Crippen molar-refractivity contribution >= 4 is 11.7 Å². The maximum absolute atomic E-state index is 13.7. The summed E-state index contributed by atoms with van der Waals surface area (Å²) in [7, 11) is 1.66. The second-order valence-electron chi connectivity index (χ2n) is 5.25. The van der Waals surface area contributed by atoms with Gasteiger partial charge in [-0.25, -0.2) is 4.39 Å². The van der Waals surface area contributed by atoms with Gasteiger partial charge in [0, 0.05) is 32.7 Å². The molecule has 2 rings (SSSR count). The van der Waals surface area contributed by atoms with Crippen LogP contribution in [0.1, 0.15) is 6.42 Å². The van der Waals surface area contributed by atoms with E-state index in [2.05, 4.69) is 10.2 Å². The van der Waals surface area contributed by atoms with Gasteiger partial charge in [-0.1, -0.05) is 12.1 Å². The van der Waals surface area contributed by atoms with E-state index in [9.17, 15) is 9.18 Å². The van der Waals surface area contributed by atoms with Gasteiger partial charge in [-0.15, -0.1) is 0 Å². The molecule has 0 bridgehead atoms. The second kappa shape index (κ2) is 7.38. The van der Waals surface area contributed by atoms with Gasteiger partial charge in [0.1, 0.15) is 11.9 Å². The maximum Gasteiger partial charge on any atom is 0.320 e. The first kappa shape index (κ1) is 15.7. The number of anilines is 1. The van der Waals surface area contributed by atoms with Crippen LogP contribution in [0.15, 0.2) is 24.3 Å². The number of hydrogen-bond acceptors (Lipinski definition) is 4. The van der Waals surface area contributed by atoms with Gasteiger partial charge in [-0.3, -0.25) is 9.69 Å². The fourth-order valence-electron chi connectivity index (χ4n) is 2.62. The Labute approximate surface area is 124 Å². The van der Waals surface area contributed by atoms with Crippen LogP contribution in [0.3, 0.4) is 0 Å². The van der Waals surface area contributed by atoms with Crippen molar-refractivity contribution in [1.82, 2.24) is 10.2 Å². The number of nitrogens with zero attached hydrogens (tertiary/aromatic N) is 2. The molecule has 1 aromatic carbocycles. The minimum atomic E-state index is -0.817. The topological polar surface area (TPSA) is 55.8 Å². The lowest BCUT2D eigenvalue weighted by Gasteiger charge is -2.36. The van der Waals surface area contributed by atoms with Gasteiger partial charge in [0.05, 0.1) is 5.69 Å². The van der Waals surface area contributed by atoms with E-state index >= 15 is 0 Å². The monoisotopic (exact) mass is 295 g/mol. The standard InChI is InChI=1S/C15H22FN3O2/c1-17-13(15(20)21)6-7-18-8-10-19(11-9-18)14-5-3-2-4-12(14)16/h2-5,13,17H,6-11H2,1H3,(H,20,21). The Hall–Kier alpha value is -1.66. The predicted octanol–water partition coefficient (Wildman–Crippen LogP) is 1.01. The quantitative estimate of drug-likeness (QED) is 0.820. The predicted molar refractivity (Wildman–Crippen MR) is 80.2 cm³/mol. The summed E-state index contributed by atoms with van der Waals surface area (Å²) in [6.45, 7) is 3.91. The smallest absolute Gasteiger partial charge is 0.320 e. The molecule has 6 heteroatoms. The van der Waals surface area contributed by atoms with Gasteiger partial charge in [0.25, 0.3) is 0 Å². The summed E-state index contributed by atoms with van der Waals surface area (Å²) in [6.07, 6.45) is 0.575. The highest BCUT2D eigenvalue weighted by Gasteiger charge is 2.21. The van der Waals surface area contributed by atoms with Gasteiger partial charge in [0.15, 0.2) is 0 Å². The van der Waals surface area contributed by atoms with E-state index in [1.807, 2.05) is 11.0 Å². The van der Waals surface area contributed by atoms with Crippen LogP contribution in [0.4, 0.5) is 10.1 Å². The van der Waals surface area contributed by atoms with E-state index in [-0.39, 0.29) is 5.82 Å². The zero-order valence-electron chi connectivity index (χ0n) is 12.3. The lowest BCUT2D eigenvalue weighted by atomic mass is 10.2. The van der Waals surface area contributed by atoms with Crippen LogP contribution in [0.2, 0.25) is 0 Å². The molecular formula is C15H22FN3O2. The summed E-state index contributed by atoms with van der Waals surface area (Å²) < 4.78 is 13.7. The van der Waals surface area contributed by atoms with E-state index in [0.29, 0.717) is 12.1 Å². The summed E-state index contributed by atoms with van der Waals surface area (Å²) in [4.78, 5) is 15.2. The van der Waals surface area contributed by atoms with E-state index < -0.39 is 12.0 Å². The zero-order chi connectivity index (χ0) is 15.2. The third kappa shape index (κ3) is 4.15. The maximum atomic E-state index is 13.7. The molecule has 0 radical (unpaired) electrons. The molecule has 1 aliphatic rings. The summed E-state index contributed by atoms with van der Waals surface area (Å²) in [5.74, 6) is -1.01. The highest BCUT2D eigenvalue weighted by Crippen LogP contribution is 2.20. The number of likely N-dealkylation sites (N-methyl/N-ethyl adjacent to an activating group) is 1. The normalized spacial score (nSPS) is 17.7. The van der Waals surface area contributed by atoms with Crippen LogP contribution in [0.25, 0.3) is 0 Å². The van der Waals surface area contributed by atoms with Crippen molar-refractivity contribution in [2.45, 2.75) is 12.5 Å². The molecule has 1 unspecified atom stereocenters. The first-order chi connectivity index (χ1) is 10.1. The number of carboxylic acids is 1. The summed E-state index contributed by atoms with van der Waals surface area (Å²) >= 11 is 0. The lowest BCUT2D eigenvalue weighted by molar-refractivity contribution is -0.139. The van der Waals surface area contributed by atoms with Crippen LogP contribution in [-0.2, 0) is 4.79 Å². The lowest BCUT2D eigenvalue weighted by Crippen LogP contribution is -2.48. The van der Waals surface area contributed by atoms with Gasteiger partial charge >= 0.3 is 5.97 Å². The van der Waals surface area contributed by atoms with Crippen LogP contribution < -0.4 is 10.2 Å². The van der Waals surface area contributed by atoms with E-state index in [0.717, 1.165) is 32.7 Å². The Balaban J connectivity index is 1.81. The summed E-state index contributed by atoms with van der Waals surface area (Å²) in [5.41, 5.74) is 0.649. The molecule has 116 valence electrons. The second-order valence-corrected chi connectivity index (χ2v) is 5.25. The minimum absolute atomic E-state index is 0.188. The van der Waals surface area contributed by atoms with Crippen LogP contribution in [0.5, 0.6) is 0 Å². The molecular weight excluding hydrogens is 273 g/mol. The molecule has 1 saturated heterocycles. The molecule has 5 nitrogen and oxygen atoms in total. The zero-order valence-corrected chi connectivity index (χ0v) is 12.3. The van der Waals surface area contributed by atoms with Crippen molar-refractivity contribution in [3.8, 4) is 0 Å². The number of hydrogen-bond donors (Lipinski definition) is 2. The van der Waals surface area contributed by atoms with E-state index in [1.54, 1.807) is 19.2 Å². The Morgan fingerprint density at radius 1 is 1.33 bits per heavy atom. The number of halogens is 1. The van der Waals surface area contributed by atoms with Crippen LogP contribution >= 0.6 is 0 Å². The number of nitrogens with one attached hydrogen (secondary N) is 1. The first-order valence-corrected chi connectivity index (χ1v) is 7.23. The number of rotatable bonds is 6. The largest absolute Gasteiger partial charge is 0.480 e. The average molecular weight is 295 g/mol. The molecule has 1 heterocycles. The highest BCUT2D eigenvalue weighted by molar-refractivity contribution is 5.73. The van der Waals surface area contributed by atoms with Gasteiger partial charge in [-0.2, -0.15) is 0 Å². The Bertz CT molecular complexity index is 476. The van der Waals surface area contributed by atoms with Crippen molar-refractivity contribution in [3.05, 3.63) is 30.1 Å². The number of carbonyl (C=O) groups is 1. The van der Waals surface area contributed by atoms with Crippen molar-refractivity contribution in [2.24, 2.45) is 0 Å². The van der Waals surface area contributed by atoms with Gasteiger partial charge in [-0.05, 0) is 25.6 Å². The molecule has 2 N–H and O–H groups in total. The number of aliphatic carboxylic acids is 1. The summed E-state index contributed by atoms with van der Waals surface area (Å²) in [5, 5.41) is 11.8. The van der Waals surface area contributed by atoms with Crippen molar-refractivity contribution in [3.63, 3.8) is 0 Å². The Morgan fingerprint density at radius 2 is 2.00 bits per heavy atom. The molecule has 1 aliphatic heterocycles. The van der Waals surface area contributed by atoms with Crippen molar-refractivity contribution in [1.29, 1.82) is 0 Å². The average Bonchev–Trinajstić information content (AvgIpc) is 2.49.